The second-order valence-electron chi connectivity index (χ2n) is 2.48. The number of rotatable bonds is 1. The molecule has 0 saturated heterocycles. The van der Waals surface area contributed by atoms with Crippen LogP contribution in [0.4, 0.5) is 0 Å². The molecule has 1 aliphatic heterocycles. The normalized spacial score (nSPS) is 24.3. The summed E-state index contributed by atoms with van der Waals surface area (Å²) in [7, 11) is 1.82. The maximum atomic E-state index is 10.5. The van der Waals surface area contributed by atoms with Crippen molar-refractivity contribution in [1.82, 2.24) is 4.90 Å². The zero-order valence-electron chi connectivity index (χ0n) is 6.36. The lowest BCUT2D eigenvalue weighted by atomic mass is 10.1. The SMILES string of the molecule is CN1CCC=CC1C(=O)O.Cl. The van der Waals surface area contributed by atoms with Gasteiger partial charge in [0.25, 0.3) is 0 Å². The maximum Gasteiger partial charge on any atom is 0.324 e. The Morgan fingerprint density at radius 2 is 2.36 bits per heavy atom. The molecule has 64 valence electrons. The third-order valence-corrected chi connectivity index (χ3v) is 1.69. The Labute approximate surface area is 72.1 Å². The smallest absolute Gasteiger partial charge is 0.324 e. The van der Waals surface area contributed by atoms with E-state index in [-0.39, 0.29) is 12.4 Å². The van der Waals surface area contributed by atoms with E-state index >= 15 is 0 Å². The molecule has 0 aromatic rings. The first-order valence-electron chi connectivity index (χ1n) is 3.31. The molecule has 1 atom stereocenters. The summed E-state index contributed by atoms with van der Waals surface area (Å²) in [5, 5.41) is 8.62. The number of hydrogen-bond donors (Lipinski definition) is 1. The van der Waals surface area contributed by atoms with Gasteiger partial charge in [0, 0.05) is 6.54 Å². The molecule has 0 aromatic carbocycles. The van der Waals surface area contributed by atoms with Crippen molar-refractivity contribution in [2.24, 2.45) is 0 Å². The number of hydrogen-bond acceptors (Lipinski definition) is 2. The first-order chi connectivity index (χ1) is 4.72. The van der Waals surface area contributed by atoms with E-state index in [9.17, 15) is 4.79 Å². The summed E-state index contributed by atoms with van der Waals surface area (Å²) in [4.78, 5) is 12.3. The van der Waals surface area contributed by atoms with E-state index in [1.807, 2.05) is 18.0 Å². The predicted molar refractivity (Wildman–Crippen MR) is 45.1 cm³/mol. The minimum atomic E-state index is -0.765. The summed E-state index contributed by atoms with van der Waals surface area (Å²) in [6.45, 7) is 0.841. The molecule has 0 fully saturated rings. The number of aliphatic carboxylic acids is 1. The molecule has 0 bridgehead atoms. The summed E-state index contributed by atoms with van der Waals surface area (Å²) < 4.78 is 0. The fourth-order valence-electron chi connectivity index (χ4n) is 1.06. The van der Waals surface area contributed by atoms with Gasteiger partial charge in [0.05, 0.1) is 0 Å². The molecule has 1 heterocycles. The van der Waals surface area contributed by atoms with E-state index in [1.54, 1.807) is 6.08 Å². The Morgan fingerprint density at radius 3 is 2.73 bits per heavy atom. The summed E-state index contributed by atoms with van der Waals surface area (Å²) in [6, 6.07) is -0.409. The first-order valence-corrected chi connectivity index (χ1v) is 3.31. The van der Waals surface area contributed by atoms with E-state index in [0.29, 0.717) is 0 Å². The Morgan fingerprint density at radius 1 is 1.73 bits per heavy atom. The molecule has 4 heteroatoms. The molecule has 1 N–H and O–H groups in total. The number of nitrogens with zero attached hydrogens (tertiary/aromatic N) is 1. The van der Waals surface area contributed by atoms with E-state index in [0.717, 1.165) is 13.0 Å². The zero-order chi connectivity index (χ0) is 7.56. The summed E-state index contributed by atoms with van der Waals surface area (Å²) in [6.07, 6.45) is 4.60. The maximum absolute atomic E-state index is 10.5. The van der Waals surface area contributed by atoms with Gasteiger partial charge in [0.2, 0.25) is 0 Å². The zero-order valence-corrected chi connectivity index (χ0v) is 7.17. The Kier molecular flexibility index (Phi) is 4.15. The molecular weight excluding hydrogens is 166 g/mol. The van der Waals surface area contributed by atoms with Crippen molar-refractivity contribution in [2.45, 2.75) is 12.5 Å². The van der Waals surface area contributed by atoms with Crippen LogP contribution in [0.15, 0.2) is 12.2 Å². The lowest BCUT2D eigenvalue weighted by molar-refractivity contribution is -0.141. The molecule has 0 aliphatic carbocycles. The monoisotopic (exact) mass is 177 g/mol. The summed E-state index contributed by atoms with van der Waals surface area (Å²) in [5.41, 5.74) is 0. The van der Waals surface area contributed by atoms with Crippen LogP contribution in [0.3, 0.4) is 0 Å². The van der Waals surface area contributed by atoms with E-state index in [2.05, 4.69) is 0 Å². The Balaban J connectivity index is 0.000001000. The fourth-order valence-corrected chi connectivity index (χ4v) is 1.06. The topological polar surface area (TPSA) is 40.5 Å². The van der Waals surface area contributed by atoms with Crippen LogP contribution in [-0.2, 0) is 4.79 Å². The van der Waals surface area contributed by atoms with Crippen molar-refractivity contribution in [2.75, 3.05) is 13.6 Å². The van der Waals surface area contributed by atoms with Gasteiger partial charge >= 0.3 is 5.97 Å². The molecule has 1 aliphatic rings. The number of likely N-dealkylation sites (N-methyl/N-ethyl adjacent to an activating group) is 1. The van der Waals surface area contributed by atoms with Crippen LogP contribution in [0.5, 0.6) is 0 Å². The van der Waals surface area contributed by atoms with Crippen LogP contribution in [0, 0.1) is 0 Å². The minimum Gasteiger partial charge on any atom is -0.480 e. The highest BCUT2D eigenvalue weighted by atomic mass is 35.5. The molecule has 0 aromatic heterocycles. The van der Waals surface area contributed by atoms with Gasteiger partial charge in [-0.2, -0.15) is 0 Å². The van der Waals surface area contributed by atoms with Gasteiger partial charge in [-0.05, 0) is 13.5 Å². The molecule has 1 rings (SSSR count). The van der Waals surface area contributed by atoms with Crippen molar-refractivity contribution < 1.29 is 9.90 Å². The van der Waals surface area contributed by atoms with Crippen LogP contribution in [0.1, 0.15) is 6.42 Å². The number of halogens is 1. The van der Waals surface area contributed by atoms with Crippen LogP contribution in [0.25, 0.3) is 0 Å². The van der Waals surface area contributed by atoms with Crippen molar-refractivity contribution >= 4 is 18.4 Å². The third kappa shape index (κ3) is 2.52. The quantitative estimate of drug-likeness (QED) is 0.601. The molecule has 11 heavy (non-hydrogen) atoms. The van der Waals surface area contributed by atoms with Gasteiger partial charge < -0.3 is 5.11 Å². The second kappa shape index (κ2) is 4.36. The number of carboxylic acid groups (broad SMARTS) is 1. The van der Waals surface area contributed by atoms with Crippen LogP contribution in [0.2, 0.25) is 0 Å². The van der Waals surface area contributed by atoms with Crippen LogP contribution >= 0.6 is 12.4 Å². The highest BCUT2D eigenvalue weighted by molar-refractivity contribution is 5.85. The lowest BCUT2D eigenvalue weighted by Gasteiger charge is -2.24. The van der Waals surface area contributed by atoms with Crippen molar-refractivity contribution in [3.63, 3.8) is 0 Å². The van der Waals surface area contributed by atoms with Gasteiger partial charge in [-0.1, -0.05) is 12.2 Å². The first kappa shape index (κ1) is 10.5. The van der Waals surface area contributed by atoms with Crippen molar-refractivity contribution in [3.8, 4) is 0 Å². The van der Waals surface area contributed by atoms with Gasteiger partial charge in [0.15, 0.2) is 0 Å². The fraction of sp³-hybridized carbons (Fsp3) is 0.571. The third-order valence-electron chi connectivity index (χ3n) is 1.69. The largest absolute Gasteiger partial charge is 0.480 e. The summed E-state index contributed by atoms with van der Waals surface area (Å²) in [5.74, 6) is -0.765. The van der Waals surface area contributed by atoms with Crippen LogP contribution < -0.4 is 0 Å². The minimum absolute atomic E-state index is 0. The standard InChI is InChI=1S/C7H11NO2.ClH/c1-8-5-3-2-4-6(8)7(9)10;/h2,4,6H,3,5H2,1H3,(H,9,10);1H. The molecule has 1 unspecified atom stereocenters. The van der Waals surface area contributed by atoms with E-state index < -0.39 is 12.0 Å². The van der Waals surface area contributed by atoms with Crippen LogP contribution in [-0.4, -0.2) is 35.6 Å². The molecule has 0 radical (unpaired) electrons. The molecule has 0 saturated carbocycles. The number of carbonyl (C=O) groups is 1. The van der Waals surface area contributed by atoms with E-state index in [4.69, 9.17) is 5.11 Å². The molecule has 3 nitrogen and oxygen atoms in total. The number of carboxylic acids is 1. The highest BCUT2D eigenvalue weighted by Crippen LogP contribution is 2.06. The van der Waals surface area contributed by atoms with Gasteiger partial charge in [-0.15, -0.1) is 12.4 Å². The van der Waals surface area contributed by atoms with Crippen molar-refractivity contribution in [1.29, 1.82) is 0 Å². The average Bonchev–Trinajstić information content (AvgIpc) is 1.88. The highest BCUT2D eigenvalue weighted by Gasteiger charge is 2.20. The second-order valence-corrected chi connectivity index (χ2v) is 2.48. The molecular formula is C7H12ClNO2. The average molecular weight is 178 g/mol. The lowest BCUT2D eigenvalue weighted by Crippen LogP contribution is -2.39. The molecule has 0 amide bonds. The van der Waals surface area contributed by atoms with Gasteiger partial charge in [-0.3, -0.25) is 9.69 Å². The van der Waals surface area contributed by atoms with Crippen molar-refractivity contribution in [3.05, 3.63) is 12.2 Å². The Bertz CT molecular complexity index is 170. The van der Waals surface area contributed by atoms with Gasteiger partial charge in [-0.25, -0.2) is 0 Å². The Hall–Kier alpha value is -0.540. The predicted octanol–water partition coefficient (Wildman–Crippen LogP) is 0.753. The van der Waals surface area contributed by atoms with E-state index in [1.165, 1.54) is 0 Å². The molecule has 0 spiro atoms. The summed E-state index contributed by atoms with van der Waals surface area (Å²) >= 11 is 0. The van der Waals surface area contributed by atoms with Gasteiger partial charge in [0.1, 0.15) is 6.04 Å².